The first-order valence-corrected chi connectivity index (χ1v) is 10.2. The zero-order chi connectivity index (χ0) is 24.3. The summed E-state index contributed by atoms with van der Waals surface area (Å²) >= 11 is 0. The fraction of sp³-hybridized carbons (Fsp3) is 0.0769. The van der Waals surface area contributed by atoms with Crippen LogP contribution in [0.3, 0.4) is 0 Å². The van der Waals surface area contributed by atoms with Gasteiger partial charge in [-0.25, -0.2) is 4.39 Å². The summed E-state index contributed by atoms with van der Waals surface area (Å²) in [5.41, 5.74) is 7.45. The van der Waals surface area contributed by atoms with Crippen molar-refractivity contribution in [2.75, 3.05) is 11.5 Å². The van der Waals surface area contributed by atoms with Crippen LogP contribution in [0.2, 0.25) is 0 Å². The Kier molecular flexibility index (Phi) is 6.06. The molecule has 0 aliphatic heterocycles. The molecule has 0 aliphatic rings. The van der Waals surface area contributed by atoms with Crippen LogP contribution in [0.4, 0.5) is 28.9 Å². The van der Waals surface area contributed by atoms with E-state index >= 15 is 4.39 Å². The highest BCUT2D eigenvalue weighted by Crippen LogP contribution is 2.48. The van der Waals surface area contributed by atoms with Crippen LogP contribution in [0, 0.1) is 0 Å². The molecule has 34 heavy (non-hydrogen) atoms. The number of benzene rings is 4. The lowest BCUT2D eigenvalue weighted by Gasteiger charge is -2.29. The van der Waals surface area contributed by atoms with Gasteiger partial charge in [0.1, 0.15) is 23.0 Å². The minimum atomic E-state index is -5.20. The van der Waals surface area contributed by atoms with E-state index < -0.39 is 23.0 Å². The van der Waals surface area contributed by atoms with Crippen LogP contribution in [0.15, 0.2) is 97.1 Å². The zero-order valence-electron chi connectivity index (χ0n) is 17.7. The first-order valence-electron chi connectivity index (χ1n) is 10.2. The number of rotatable bonds is 6. The average molecular weight is 468 g/mol. The molecule has 8 heteroatoms. The Bertz CT molecular complexity index is 1150. The minimum Gasteiger partial charge on any atom is -0.457 e. The molecule has 0 fully saturated rings. The third-order valence-corrected chi connectivity index (χ3v) is 5.13. The number of anilines is 2. The van der Waals surface area contributed by atoms with Crippen molar-refractivity contribution in [2.24, 2.45) is 0 Å². The number of halogens is 4. The van der Waals surface area contributed by atoms with E-state index in [9.17, 15) is 13.2 Å². The maximum Gasteiger partial charge on any atom is 0.431 e. The van der Waals surface area contributed by atoms with Gasteiger partial charge in [0.25, 0.3) is 5.67 Å². The maximum absolute atomic E-state index is 15.7. The van der Waals surface area contributed by atoms with E-state index in [0.29, 0.717) is 22.9 Å². The molecule has 4 aromatic carbocycles. The Morgan fingerprint density at radius 2 is 0.706 bits per heavy atom. The summed E-state index contributed by atoms with van der Waals surface area (Å²) < 4.78 is 68.9. The Labute approximate surface area is 193 Å². The number of hydrogen-bond acceptors (Lipinski definition) is 4. The lowest BCUT2D eigenvalue weighted by molar-refractivity contribution is -0.219. The number of alkyl halides is 4. The van der Waals surface area contributed by atoms with Crippen LogP contribution in [-0.4, -0.2) is 6.18 Å². The van der Waals surface area contributed by atoms with Crippen LogP contribution in [0.1, 0.15) is 11.1 Å². The first kappa shape index (κ1) is 23.0. The lowest BCUT2D eigenvalue weighted by Crippen LogP contribution is -2.39. The molecule has 174 valence electrons. The average Bonchev–Trinajstić information content (AvgIpc) is 2.82. The van der Waals surface area contributed by atoms with E-state index in [0.717, 1.165) is 24.3 Å². The van der Waals surface area contributed by atoms with Crippen LogP contribution in [0.5, 0.6) is 23.0 Å². The smallest absolute Gasteiger partial charge is 0.431 e. The van der Waals surface area contributed by atoms with E-state index in [-0.39, 0.29) is 11.5 Å². The molecule has 0 aromatic heterocycles. The lowest BCUT2D eigenvalue weighted by atomic mass is 9.87. The van der Waals surface area contributed by atoms with Crippen molar-refractivity contribution in [3.8, 4) is 23.0 Å². The largest absolute Gasteiger partial charge is 0.457 e. The predicted molar refractivity (Wildman–Crippen MR) is 123 cm³/mol. The highest BCUT2D eigenvalue weighted by Gasteiger charge is 2.58. The van der Waals surface area contributed by atoms with Crippen LogP contribution >= 0.6 is 0 Å². The molecule has 4 aromatic rings. The van der Waals surface area contributed by atoms with Gasteiger partial charge in [0.2, 0.25) is 0 Å². The SMILES string of the molecule is Nc1ccc(Oc2ccc(C(F)(c3ccc(Oc4ccc(N)cc4)cc3)C(F)(F)F)cc2)cc1. The van der Waals surface area contributed by atoms with E-state index in [4.69, 9.17) is 20.9 Å². The van der Waals surface area contributed by atoms with Gasteiger partial charge in [0.05, 0.1) is 0 Å². The summed E-state index contributed by atoms with van der Waals surface area (Å²) in [6.07, 6.45) is -5.20. The maximum atomic E-state index is 15.7. The quantitative estimate of drug-likeness (QED) is 0.232. The number of nitrogens with two attached hydrogens (primary N) is 2. The van der Waals surface area contributed by atoms with Crippen molar-refractivity contribution in [2.45, 2.75) is 11.8 Å². The van der Waals surface area contributed by atoms with Gasteiger partial charge in [-0.15, -0.1) is 0 Å². The Balaban J connectivity index is 1.58. The summed E-state index contributed by atoms with van der Waals surface area (Å²) in [5, 5.41) is 0. The molecule has 0 unspecified atom stereocenters. The monoisotopic (exact) mass is 468 g/mol. The normalized spacial score (nSPS) is 11.8. The van der Waals surface area contributed by atoms with Crippen LogP contribution < -0.4 is 20.9 Å². The second-order valence-corrected chi connectivity index (χ2v) is 7.55. The van der Waals surface area contributed by atoms with Gasteiger partial charge in [0.15, 0.2) is 0 Å². The molecule has 0 heterocycles. The van der Waals surface area contributed by atoms with Gasteiger partial charge in [-0.3, -0.25) is 0 Å². The summed E-state index contributed by atoms with van der Waals surface area (Å²) in [6, 6.07) is 22.3. The summed E-state index contributed by atoms with van der Waals surface area (Å²) in [6.45, 7) is 0. The van der Waals surface area contributed by atoms with E-state index in [2.05, 4.69) is 0 Å². The third kappa shape index (κ3) is 4.76. The molecule has 0 amide bonds. The van der Waals surface area contributed by atoms with Crippen molar-refractivity contribution in [3.05, 3.63) is 108 Å². The summed E-state index contributed by atoms with van der Waals surface area (Å²) in [7, 11) is 0. The van der Waals surface area contributed by atoms with E-state index in [1.54, 1.807) is 48.5 Å². The topological polar surface area (TPSA) is 70.5 Å². The van der Waals surface area contributed by atoms with Gasteiger partial charge in [-0.1, -0.05) is 24.3 Å². The molecule has 0 bridgehead atoms. The molecule has 0 spiro atoms. The summed E-state index contributed by atoms with van der Waals surface area (Å²) in [4.78, 5) is 0. The van der Waals surface area contributed by atoms with Gasteiger partial charge in [-0.2, -0.15) is 13.2 Å². The molecule has 0 saturated heterocycles. The molecule has 4 nitrogen and oxygen atoms in total. The van der Waals surface area contributed by atoms with Crippen molar-refractivity contribution in [3.63, 3.8) is 0 Å². The van der Waals surface area contributed by atoms with Crippen LogP contribution in [-0.2, 0) is 5.67 Å². The first-order chi connectivity index (χ1) is 16.1. The van der Waals surface area contributed by atoms with Gasteiger partial charge in [-0.05, 0) is 72.8 Å². The Morgan fingerprint density at radius 3 is 0.971 bits per heavy atom. The second kappa shape index (κ2) is 8.97. The Morgan fingerprint density at radius 1 is 0.441 bits per heavy atom. The molecule has 0 aliphatic carbocycles. The van der Waals surface area contributed by atoms with Crippen molar-refractivity contribution >= 4 is 11.4 Å². The highest BCUT2D eigenvalue weighted by molar-refractivity contribution is 5.47. The molecule has 4 N–H and O–H groups in total. The molecule has 0 atom stereocenters. The van der Waals surface area contributed by atoms with Gasteiger partial charge < -0.3 is 20.9 Å². The predicted octanol–water partition coefficient (Wildman–Crippen LogP) is 7.21. The molecule has 0 saturated carbocycles. The standard InChI is InChI=1S/C26H20F4N2O2/c27-25(26(28,29)30,17-1-9-21(10-2-17)33-23-13-5-19(31)6-14-23)18-3-11-22(12-4-18)34-24-15-7-20(32)8-16-24/h1-16H,31-32H2. The molecule has 0 radical (unpaired) electrons. The fourth-order valence-corrected chi connectivity index (χ4v) is 3.34. The third-order valence-electron chi connectivity index (χ3n) is 5.13. The molecular weight excluding hydrogens is 448 g/mol. The van der Waals surface area contributed by atoms with Crippen molar-refractivity contribution in [1.29, 1.82) is 0 Å². The number of nitrogen functional groups attached to an aromatic ring is 2. The van der Waals surface area contributed by atoms with E-state index in [1.165, 1.54) is 24.3 Å². The van der Waals surface area contributed by atoms with Crippen LogP contribution in [0.25, 0.3) is 0 Å². The second-order valence-electron chi connectivity index (χ2n) is 7.55. The molecular formula is C26H20F4N2O2. The Hall–Kier alpha value is -4.20. The van der Waals surface area contributed by atoms with Gasteiger partial charge >= 0.3 is 6.18 Å². The number of hydrogen-bond donors (Lipinski definition) is 2. The minimum absolute atomic E-state index is 0.255. The molecule has 4 rings (SSSR count). The zero-order valence-corrected chi connectivity index (χ0v) is 17.7. The van der Waals surface area contributed by atoms with E-state index in [1.807, 2.05) is 0 Å². The highest BCUT2D eigenvalue weighted by atomic mass is 19.4. The van der Waals surface area contributed by atoms with Gasteiger partial charge in [0, 0.05) is 22.5 Å². The van der Waals surface area contributed by atoms with Crippen molar-refractivity contribution in [1.82, 2.24) is 0 Å². The number of ether oxygens (including phenoxy) is 2. The summed E-state index contributed by atoms with van der Waals surface area (Å²) in [5.74, 6) is 1.40. The van der Waals surface area contributed by atoms with Crippen molar-refractivity contribution < 1.29 is 27.0 Å². The fourth-order valence-electron chi connectivity index (χ4n) is 3.34.